The molecule has 0 heterocycles. The number of carboxylic acids is 2. The summed E-state index contributed by atoms with van der Waals surface area (Å²) < 4.78 is 12.0. The first-order chi connectivity index (χ1) is 18.2. The summed E-state index contributed by atoms with van der Waals surface area (Å²) in [5, 5.41) is 20.4. The predicted molar refractivity (Wildman–Crippen MR) is 146 cm³/mol. The molecule has 2 N–H and O–H groups in total. The van der Waals surface area contributed by atoms with E-state index in [0.29, 0.717) is 33.8 Å². The van der Waals surface area contributed by atoms with Crippen LogP contribution >= 0.6 is 0 Å². The zero-order valence-corrected chi connectivity index (χ0v) is 21.9. The van der Waals surface area contributed by atoms with Crippen LogP contribution in [0, 0.1) is 27.7 Å². The van der Waals surface area contributed by atoms with Gasteiger partial charge in [0.2, 0.25) is 0 Å². The van der Waals surface area contributed by atoms with Crippen molar-refractivity contribution in [2.75, 3.05) is 0 Å². The second kappa shape index (κ2) is 11.2. The molecule has 4 aromatic carbocycles. The third kappa shape index (κ3) is 5.39. The highest BCUT2D eigenvalue weighted by Crippen LogP contribution is 2.42. The van der Waals surface area contributed by atoms with Crippen molar-refractivity contribution in [2.24, 2.45) is 0 Å². The van der Waals surface area contributed by atoms with E-state index in [9.17, 15) is 19.8 Å². The van der Waals surface area contributed by atoms with Crippen LogP contribution in [-0.4, -0.2) is 22.2 Å². The Labute approximate surface area is 222 Å². The molecule has 0 saturated carbocycles. The summed E-state index contributed by atoms with van der Waals surface area (Å²) in [7, 11) is 0. The minimum absolute atomic E-state index is 0.0147. The van der Waals surface area contributed by atoms with Crippen LogP contribution in [0.25, 0.3) is 11.1 Å². The third-order valence-corrected chi connectivity index (χ3v) is 6.89. The van der Waals surface area contributed by atoms with Gasteiger partial charge in [-0.1, -0.05) is 60.7 Å². The van der Waals surface area contributed by atoms with Crippen molar-refractivity contribution < 1.29 is 29.3 Å². The minimum atomic E-state index is -1.16. The van der Waals surface area contributed by atoms with Gasteiger partial charge in [-0.3, -0.25) is 0 Å². The largest absolute Gasteiger partial charge is 0.489 e. The second-order valence-corrected chi connectivity index (χ2v) is 9.25. The predicted octanol–water partition coefficient (Wildman–Crippen LogP) is 7.14. The lowest BCUT2D eigenvalue weighted by Crippen LogP contribution is -2.11. The molecule has 6 heteroatoms. The van der Waals surface area contributed by atoms with Crippen LogP contribution in [0.15, 0.2) is 72.8 Å². The maximum absolute atomic E-state index is 12.5. The first kappa shape index (κ1) is 26.5. The van der Waals surface area contributed by atoms with Gasteiger partial charge in [-0.15, -0.1) is 0 Å². The van der Waals surface area contributed by atoms with Crippen LogP contribution in [0.3, 0.4) is 0 Å². The SMILES string of the molecule is Cc1c(OCc2ccccc2)cc(C(=O)O)c(-c2c(C(=O)O)cc(OCc3ccccc3)c(C)c2C)c1C. The fourth-order valence-corrected chi connectivity index (χ4v) is 4.52. The van der Waals surface area contributed by atoms with Gasteiger partial charge in [-0.05, 0) is 73.2 Å². The summed E-state index contributed by atoms with van der Waals surface area (Å²) >= 11 is 0. The molecule has 0 saturated heterocycles. The van der Waals surface area contributed by atoms with Crippen molar-refractivity contribution in [1.82, 2.24) is 0 Å². The van der Waals surface area contributed by atoms with Gasteiger partial charge >= 0.3 is 11.9 Å². The lowest BCUT2D eigenvalue weighted by atomic mass is 9.84. The molecule has 0 bridgehead atoms. The first-order valence-corrected chi connectivity index (χ1v) is 12.3. The molecule has 4 aromatic rings. The Kier molecular flexibility index (Phi) is 7.82. The van der Waals surface area contributed by atoms with Crippen LogP contribution in [0.5, 0.6) is 11.5 Å². The molecule has 38 heavy (non-hydrogen) atoms. The Hall–Kier alpha value is -4.58. The fourth-order valence-electron chi connectivity index (χ4n) is 4.52. The number of benzene rings is 4. The van der Waals surface area contributed by atoms with E-state index in [-0.39, 0.29) is 24.3 Å². The zero-order chi connectivity index (χ0) is 27.4. The summed E-state index contributed by atoms with van der Waals surface area (Å²) in [6.07, 6.45) is 0. The smallest absolute Gasteiger partial charge is 0.336 e. The van der Waals surface area contributed by atoms with Crippen LogP contribution in [0.1, 0.15) is 54.1 Å². The number of ether oxygens (including phenoxy) is 2. The molecule has 0 fully saturated rings. The molecule has 194 valence electrons. The highest BCUT2D eigenvalue weighted by molar-refractivity contribution is 6.05. The van der Waals surface area contributed by atoms with Crippen molar-refractivity contribution in [3.8, 4) is 22.6 Å². The summed E-state index contributed by atoms with van der Waals surface area (Å²) in [6, 6.07) is 22.2. The summed E-state index contributed by atoms with van der Waals surface area (Å²) in [5.41, 5.74) is 5.42. The summed E-state index contributed by atoms with van der Waals surface area (Å²) in [4.78, 5) is 24.9. The molecule has 0 unspecified atom stereocenters. The Morgan fingerprint density at radius 1 is 0.579 bits per heavy atom. The molecule has 0 aliphatic rings. The molecule has 0 aromatic heterocycles. The number of carboxylic acid groups (broad SMARTS) is 2. The second-order valence-electron chi connectivity index (χ2n) is 9.25. The van der Waals surface area contributed by atoms with Crippen molar-refractivity contribution in [2.45, 2.75) is 40.9 Å². The third-order valence-electron chi connectivity index (χ3n) is 6.89. The quantitative estimate of drug-likeness (QED) is 0.249. The van der Waals surface area contributed by atoms with Crippen LogP contribution in [0.2, 0.25) is 0 Å². The molecule has 0 aliphatic carbocycles. The maximum atomic E-state index is 12.5. The monoisotopic (exact) mass is 510 g/mol. The standard InChI is InChI=1S/C32H30O6/c1-19-21(3)29(25(31(33)34)15-27(19)37-17-23-11-7-5-8-12-23)30-22(4)20(2)28(16-26(30)32(35)36)38-18-24-13-9-6-10-14-24/h5-16H,17-18H2,1-4H3,(H,33,34)(H,35,36). The van der Waals surface area contributed by atoms with E-state index < -0.39 is 11.9 Å². The van der Waals surface area contributed by atoms with Gasteiger partial charge in [0.05, 0.1) is 11.1 Å². The van der Waals surface area contributed by atoms with Gasteiger partial charge < -0.3 is 19.7 Å². The Morgan fingerprint density at radius 2 is 0.921 bits per heavy atom. The zero-order valence-electron chi connectivity index (χ0n) is 21.9. The molecule has 0 aliphatic heterocycles. The molecule has 0 radical (unpaired) electrons. The number of aromatic carboxylic acids is 2. The Bertz CT molecular complexity index is 1380. The summed E-state index contributed by atoms with van der Waals surface area (Å²) in [5.74, 6) is -1.43. The van der Waals surface area contributed by atoms with Crippen molar-refractivity contribution in [3.05, 3.63) is 117 Å². The molecule has 6 nitrogen and oxygen atoms in total. The van der Waals surface area contributed by atoms with Gasteiger partial charge in [0.25, 0.3) is 0 Å². The van der Waals surface area contributed by atoms with Gasteiger partial charge in [-0.25, -0.2) is 9.59 Å². The van der Waals surface area contributed by atoms with E-state index >= 15 is 0 Å². The van der Waals surface area contributed by atoms with Gasteiger partial charge in [-0.2, -0.15) is 0 Å². The van der Waals surface area contributed by atoms with Crippen LogP contribution in [0.4, 0.5) is 0 Å². The lowest BCUT2D eigenvalue weighted by Gasteiger charge is -2.22. The summed E-state index contributed by atoms with van der Waals surface area (Å²) in [6.45, 7) is 7.87. The highest BCUT2D eigenvalue weighted by atomic mass is 16.5. The van der Waals surface area contributed by atoms with E-state index in [4.69, 9.17) is 9.47 Å². The van der Waals surface area contributed by atoms with E-state index in [0.717, 1.165) is 22.3 Å². The van der Waals surface area contributed by atoms with E-state index in [1.165, 1.54) is 12.1 Å². The molecule has 4 rings (SSSR count). The molecular weight excluding hydrogens is 480 g/mol. The van der Waals surface area contributed by atoms with Crippen LogP contribution < -0.4 is 9.47 Å². The molecule has 0 spiro atoms. The average molecular weight is 511 g/mol. The van der Waals surface area contributed by atoms with E-state index in [1.54, 1.807) is 13.8 Å². The first-order valence-electron chi connectivity index (χ1n) is 12.3. The highest BCUT2D eigenvalue weighted by Gasteiger charge is 2.27. The Morgan fingerprint density at radius 3 is 1.24 bits per heavy atom. The number of carbonyl (C=O) groups is 2. The number of rotatable bonds is 9. The lowest BCUT2D eigenvalue weighted by molar-refractivity contribution is 0.0683. The minimum Gasteiger partial charge on any atom is -0.489 e. The van der Waals surface area contributed by atoms with Gasteiger partial charge in [0.1, 0.15) is 24.7 Å². The maximum Gasteiger partial charge on any atom is 0.336 e. The Balaban J connectivity index is 1.81. The fraction of sp³-hybridized carbons (Fsp3) is 0.188. The van der Waals surface area contributed by atoms with Crippen molar-refractivity contribution >= 4 is 11.9 Å². The van der Waals surface area contributed by atoms with E-state index in [2.05, 4.69) is 0 Å². The molecular formula is C32H30O6. The average Bonchev–Trinajstić information content (AvgIpc) is 2.91. The van der Waals surface area contributed by atoms with Gasteiger partial charge in [0.15, 0.2) is 0 Å². The number of hydrogen-bond donors (Lipinski definition) is 2. The normalized spacial score (nSPS) is 10.7. The van der Waals surface area contributed by atoms with Crippen molar-refractivity contribution in [3.63, 3.8) is 0 Å². The van der Waals surface area contributed by atoms with Gasteiger partial charge in [0, 0.05) is 11.1 Å². The molecule has 0 atom stereocenters. The van der Waals surface area contributed by atoms with E-state index in [1.807, 2.05) is 74.5 Å². The van der Waals surface area contributed by atoms with Crippen molar-refractivity contribution in [1.29, 1.82) is 0 Å². The number of hydrogen-bond acceptors (Lipinski definition) is 4. The topological polar surface area (TPSA) is 93.1 Å². The van der Waals surface area contributed by atoms with Crippen LogP contribution in [-0.2, 0) is 13.2 Å². The molecule has 0 amide bonds.